The van der Waals surface area contributed by atoms with Gasteiger partial charge in [-0.25, -0.2) is 0 Å². The van der Waals surface area contributed by atoms with Gasteiger partial charge in [-0.05, 0) is 24.2 Å². The van der Waals surface area contributed by atoms with E-state index >= 15 is 0 Å². The van der Waals surface area contributed by atoms with Crippen LogP contribution in [-0.4, -0.2) is 12.7 Å². The second kappa shape index (κ2) is 4.47. The first kappa shape index (κ1) is 11.1. The Morgan fingerprint density at radius 1 is 1.62 bits per heavy atom. The molecule has 0 spiro atoms. The first-order valence-corrected chi connectivity index (χ1v) is 5.42. The van der Waals surface area contributed by atoms with E-state index in [-0.39, 0.29) is 0 Å². The van der Waals surface area contributed by atoms with Crippen molar-refractivity contribution < 1.29 is 4.74 Å². The maximum Gasteiger partial charge on any atom is 0.0860 e. The lowest BCUT2D eigenvalue weighted by Crippen LogP contribution is -2.22. The molecule has 1 rings (SSSR count). The van der Waals surface area contributed by atoms with Crippen LogP contribution in [0, 0.1) is 11.3 Å². The van der Waals surface area contributed by atoms with Crippen molar-refractivity contribution in [2.24, 2.45) is 11.3 Å². The number of ether oxygens (including phenoxy) is 1. The molecule has 0 aromatic carbocycles. The molecule has 0 amide bonds. The Morgan fingerprint density at radius 3 is 2.62 bits per heavy atom. The van der Waals surface area contributed by atoms with Crippen molar-refractivity contribution in [2.75, 3.05) is 6.61 Å². The van der Waals surface area contributed by atoms with E-state index in [4.69, 9.17) is 16.3 Å². The predicted octanol–water partition coefficient (Wildman–Crippen LogP) is 3.58. The van der Waals surface area contributed by atoms with E-state index in [2.05, 4.69) is 26.8 Å². The average Bonchev–Trinajstić information content (AvgIpc) is 2.85. The highest BCUT2D eigenvalue weighted by Crippen LogP contribution is 2.38. The molecule has 1 aliphatic rings. The Kier molecular flexibility index (Phi) is 3.81. The molecule has 0 aliphatic carbocycles. The number of hydrogen-bond donors (Lipinski definition) is 0. The lowest BCUT2D eigenvalue weighted by molar-refractivity contribution is 0.204. The number of rotatable bonds is 5. The van der Waals surface area contributed by atoms with Gasteiger partial charge in [-0.1, -0.05) is 38.4 Å². The number of allylic oxidation sites excluding steroid dienone is 1. The van der Waals surface area contributed by atoms with E-state index < -0.39 is 0 Å². The van der Waals surface area contributed by atoms with Crippen molar-refractivity contribution in [3.05, 3.63) is 11.6 Å². The van der Waals surface area contributed by atoms with Crippen molar-refractivity contribution in [1.29, 1.82) is 0 Å². The van der Waals surface area contributed by atoms with Crippen LogP contribution in [0.4, 0.5) is 0 Å². The number of epoxide rings is 1. The zero-order valence-electron chi connectivity index (χ0n) is 8.72. The molecule has 1 aliphatic heterocycles. The molecule has 2 unspecified atom stereocenters. The van der Waals surface area contributed by atoms with E-state index in [1.54, 1.807) is 5.54 Å². The molecule has 1 nitrogen and oxygen atoms in total. The van der Waals surface area contributed by atoms with E-state index in [1.165, 1.54) is 0 Å². The van der Waals surface area contributed by atoms with Crippen molar-refractivity contribution in [3.8, 4) is 0 Å². The normalized spacial score (nSPS) is 25.1. The molecule has 13 heavy (non-hydrogen) atoms. The minimum absolute atomic E-state index is 0.303. The summed E-state index contributed by atoms with van der Waals surface area (Å²) >= 11 is 5.59. The lowest BCUT2D eigenvalue weighted by Gasteiger charge is -2.25. The SMILES string of the molecule is CCC(/C=C/Cl)CC(C)(C)C1CO1. The molecule has 0 radical (unpaired) electrons. The van der Waals surface area contributed by atoms with Crippen LogP contribution in [0.5, 0.6) is 0 Å². The average molecular weight is 203 g/mol. The van der Waals surface area contributed by atoms with Gasteiger partial charge in [-0.2, -0.15) is 0 Å². The first-order chi connectivity index (χ1) is 6.10. The topological polar surface area (TPSA) is 12.5 Å². The summed E-state index contributed by atoms with van der Waals surface area (Å²) < 4.78 is 5.34. The van der Waals surface area contributed by atoms with Gasteiger partial charge in [0.2, 0.25) is 0 Å². The zero-order valence-corrected chi connectivity index (χ0v) is 9.47. The maximum absolute atomic E-state index is 5.59. The Balaban J connectivity index is 2.43. The second-order valence-electron chi connectivity index (χ2n) is 4.50. The molecule has 1 saturated heterocycles. The third kappa shape index (κ3) is 3.32. The highest BCUT2D eigenvalue weighted by atomic mass is 35.5. The fourth-order valence-electron chi connectivity index (χ4n) is 1.76. The number of hydrogen-bond acceptors (Lipinski definition) is 1. The fourth-order valence-corrected chi connectivity index (χ4v) is 1.96. The van der Waals surface area contributed by atoms with E-state index in [0.29, 0.717) is 17.4 Å². The minimum Gasteiger partial charge on any atom is -0.373 e. The smallest absolute Gasteiger partial charge is 0.0860 e. The van der Waals surface area contributed by atoms with Crippen molar-refractivity contribution in [1.82, 2.24) is 0 Å². The van der Waals surface area contributed by atoms with Gasteiger partial charge in [-0.15, -0.1) is 0 Å². The van der Waals surface area contributed by atoms with Crippen LogP contribution >= 0.6 is 11.6 Å². The summed E-state index contributed by atoms with van der Waals surface area (Å²) in [7, 11) is 0. The van der Waals surface area contributed by atoms with Crippen LogP contribution in [0.3, 0.4) is 0 Å². The van der Waals surface area contributed by atoms with Crippen LogP contribution in [0.15, 0.2) is 11.6 Å². The maximum atomic E-state index is 5.59. The van der Waals surface area contributed by atoms with Gasteiger partial charge in [0.05, 0.1) is 12.7 Å². The molecule has 1 heterocycles. The van der Waals surface area contributed by atoms with Crippen LogP contribution < -0.4 is 0 Å². The minimum atomic E-state index is 0.303. The van der Waals surface area contributed by atoms with Crippen LogP contribution in [0.25, 0.3) is 0 Å². The van der Waals surface area contributed by atoms with Crippen LogP contribution in [-0.2, 0) is 4.74 Å². The molecule has 2 atom stereocenters. The lowest BCUT2D eigenvalue weighted by atomic mass is 9.79. The molecule has 0 saturated carbocycles. The summed E-state index contributed by atoms with van der Waals surface area (Å²) in [6.07, 6.45) is 4.88. The highest BCUT2D eigenvalue weighted by molar-refractivity contribution is 6.25. The Labute approximate surface area is 86.1 Å². The van der Waals surface area contributed by atoms with Gasteiger partial charge in [0.25, 0.3) is 0 Å². The van der Waals surface area contributed by atoms with E-state index in [9.17, 15) is 0 Å². The molecular weight excluding hydrogens is 184 g/mol. The standard InChI is InChI=1S/C11H19ClO/c1-4-9(5-6-12)7-11(2,3)10-8-13-10/h5-6,9-10H,4,7-8H2,1-3H3/b6-5+. The number of halogens is 1. The summed E-state index contributed by atoms with van der Waals surface area (Å²) in [5.74, 6) is 0.594. The molecular formula is C11H19ClO. The predicted molar refractivity (Wildman–Crippen MR) is 56.9 cm³/mol. The summed E-state index contributed by atoms with van der Waals surface area (Å²) in [6.45, 7) is 7.68. The second-order valence-corrected chi connectivity index (χ2v) is 4.75. The van der Waals surface area contributed by atoms with Crippen molar-refractivity contribution in [2.45, 2.75) is 39.7 Å². The molecule has 0 N–H and O–H groups in total. The molecule has 1 fully saturated rings. The summed E-state index contributed by atoms with van der Waals surface area (Å²) in [5, 5.41) is 0. The quantitative estimate of drug-likeness (QED) is 0.621. The van der Waals surface area contributed by atoms with Crippen LogP contribution in [0.1, 0.15) is 33.6 Å². The summed E-state index contributed by atoms with van der Waals surface area (Å²) in [6, 6.07) is 0. The Morgan fingerprint density at radius 2 is 2.23 bits per heavy atom. The molecule has 0 aromatic heterocycles. The summed E-state index contributed by atoms with van der Waals surface area (Å²) in [5.41, 5.74) is 1.94. The van der Waals surface area contributed by atoms with Gasteiger partial charge < -0.3 is 4.74 Å². The molecule has 0 bridgehead atoms. The zero-order chi connectivity index (χ0) is 9.90. The van der Waals surface area contributed by atoms with Gasteiger partial charge in [0.15, 0.2) is 0 Å². The highest BCUT2D eigenvalue weighted by Gasteiger charge is 2.40. The van der Waals surface area contributed by atoms with Crippen molar-refractivity contribution >= 4 is 11.6 Å². The van der Waals surface area contributed by atoms with E-state index in [0.717, 1.165) is 19.4 Å². The van der Waals surface area contributed by atoms with Crippen LogP contribution in [0.2, 0.25) is 0 Å². The Hall–Kier alpha value is -0.0100. The van der Waals surface area contributed by atoms with Crippen molar-refractivity contribution in [3.63, 3.8) is 0 Å². The summed E-state index contributed by atoms with van der Waals surface area (Å²) in [4.78, 5) is 0. The molecule has 76 valence electrons. The monoisotopic (exact) mass is 202 g/mol. The van der Waals surface area contributed by atoms with Gasteiger partial charge >= 0.3 is 0 Å². The third-order valence-electron chi connectivity index (χ3n) is 2.86. The van der Waals surface area contributed by atoms with Gasteiger partial charge in [0.1, 0.15) is 0 Å². The van der Waals surface area contributed by atoms with E-state index in [1.807, 2.05) is 0 Å². The van der Waals surface area contributed by atoms with Gasteiger partial charge in [0, 0.05) is 5.54 Å². The Bertz CT molecular complexity index is 183. The molecule has 2 heteroatoms. The third-order valence-corrected chi connectivity index (χ3v) is 3.01. The molecule has 0 aromatic rings. The fraction of sp³-hybridized carbons (Fsp3) is 0.818. The first-order valence-electron chi connectivity index (χ1n) is 4.98. The largest absolute Gasteiger partial charge is 0.373 e. The van der Waals surface area contributed by atoms with Gasteiger partial charge in [-0.3, -0.25) is 0 Å².